The summed E-state index contributed by atoms with van der Waals surface area (Å²) < 4.78 is 0. The maximum absolute atomic E-state index is 8.57. The number of nitrogens with one attached hydrogen (secondary N) is 1. The third-order valence-electron chi connectivity index (χ3n) is 2.54. The molecule has 3 nitrogen and oxygen atoms in total. The quantitative estimate of drug-likeness (QED) is 0.722. The smallest absolute Gasteiger partial charge is 0.0635 e. The van der Waals surface area contributed by atoms with Crippen molar-refractivity contribution in [3.8, 4) is 6.07 Å². The molecule has 0 aromatic carbocycles. The van der Waals surface area contributed by atoms with Gasteiger partial charge in [-0.05, 0) is 39.8 Å². The minimum Gasteiger partial charge on any atom is -0.312 e. The number of nitrogens with zero attached hydrogens (tertiary/aromatic N) is 2. The molecule has 0 amide bonds. The summed E-state index contributed by atoms with van der Waals surface area (Å²) in [6.45, 7) is 15.0. The van der Waals surface area contributed by atoms with Gasteiger partial charge in [0.25, 0.3) is 0 Å². The Morgan fingerprint density at radius 1 is 1.38 bits per heavy atom. The fraction of sp³-hybridized carbons (Fsp3) is 0.923. The van der Waals surface area contributed by atoms with Crippen LogP contribution in [0.15, 0.2) is 0 Å². The van der Waals surface area contributed by atoms with Gasteiger partial charge in [0.05, 0.1) is 6.07 Å². The molecule has 0 bridgehead atoms. The second-order valence-electron chi connectivity index (χ2n) is 5.54. The molecule has 0 spiro atoms. The molecule has 0 aromatic rings. The van der Waals surface area contributed by atoms with Crippen molar-refractivity contribution in [1.82, 2.24) is 10.2 Å². The van der Waals surface area contributed by atoms with Gasteiger partial charge in [-0.2, -0.15) is 5.26 Å². The van der Waals surface area contributed by atoms with Gasteiger partial charge in [-0.25, -0.2) is 0 Å². The van der Waals surface area contributed by atoms with Gasteiger partial charge < -0.3 is 10.2 Å². The van der Waals surface area contributed by atoms with Crippen molar-refractivity contribution < 1.29 is 0 Å². The van der Waals surface area contributed by atoms with Crippen molar-refractivity contribution >= 4 is 0 Å². The normalized spacial score (nSPS) is 13.8. The molecule has 0 aromatic heterocycles. The molecular formula is C13H27N3. The van der Waals surface area contributed by atoms with E-state index in [1.807, 2.05) is 0 Å². The molecule has 1 unspecified atom stereocenters. The first-order chi connectivity index (χ1) is 7.39. The highest BCUT2D eigenvalue weighted by Crippen LogP contribution is 2.04. The molecule has 0 saturated carbocycles. The lowest BCUT2D eigenvalue weighted by molar-refractivity contribution is 0.241. The average molecular weight is 225 g/mol. The van der Waals surface area contributed by atoms with E-state index in [1.165, 1.54) is 0 Å². The Kier molecular flexibility index (Phi) is 7.36. The van der Waals surface area contributed by atoms with Crippen LogP contribution in [0.4, 0.5) is 0 Å². The van der Waals surface area contributed by atoms with E-state index < -0.39 is 0 Å². The van der Waals surface area contributed by atoms with Crippen molar-refractivity contribution in [3.63, 3.8) is 0 Å². The fourth-order valence-corrected chi connectivity index (χ4v) is 1.57. The number of hydrogen-bond donors (Lipinski definition) is 1. The van der Waals surface area contributed by atoms with Gasteiger partial charge in [-0.1, -0.05) is 13.8 Å². The number of nitriles is 1. The summed E-state index contributed by atoms with van der Waals surface area (Å²) >= 11 is 0. The fourth-order valence-electron chi connectivity index (χ4n) is 1.57. The third-order valence-corrected chi connectivity index (χ3v) is 2.54. The second kappa shape index (κ2) is 7.65. The summed E-state index contributed by atoms with van der Waals surface area (Å²) in [5, 5.41) is 12.1. The van der Waals surface area contributed by atoms with Crippen LogP contribution in [0.5, 0.6) is 0 Å². The lowest BCUT2D eigenvalue weighted by Crippen LogP contribution is -2.41. The van der Waals surface area contributed by atoms with Crippen molar-refractivity contribution in [1.29, 1.82) is 5.26 Å². The zero-order valence-corrected chi connectivity index (χ0v) is 11.5. The average Bonchev–Trinajstić information content (AvgIpc) is 2.20. The van der Waals surface area contributed by atoms with Crippen LogP contribution >= 0.6 is 0 Å². The van der Waals surface area contributed by atoms with E-state index in [1.54, 1.807) is 0 Å². The molecular weight excluding hydrogens is 198 g/mol. The molecule has 3 heteroatoms. The van der Waals surface area contributed by atoms with Crippen LogP contribution in [0.1, 0.15) is 41.0 Å². The van der Waals surface area contributed by atoms with Gasteiger partial charge in [0.2, 0.25) is 0 Å². The summed E-state index contributed by atoms with van der Waals surface area (Å²) in [5.74, 6) is 0.623. The topological polar surface area (TPSA) is 39.1 Å². The van der Waals surface area contributed by atoms with Gasteiger partial charge >= 0.3 is 0 Å². The molecule has 1 atom stereocenters. The largest absolute Gasteiger partial charge is 0.312 e. The molecule has 94 valence electrons. The van der Waals surface area contributed by atoms with E-state index in [0.29, 0.717) is 12.3 Å². The Morgan fingerprint density at radius 3 is 2.44 bits per heavy atom. The Balaban J connectivity index is 3.83. The zero-order chi connectivity index (χ0) is 12.6. The standard InChI is InChI=1S/C13H27N3/c1-6-16(9-7-8-14)11-12(2)10-15-13(3,4)5/h12,15H,6-7,9-11H2,1-5H3. The summed E-state index contributed by atoms with van der Waals surface area (Å²) in [7, 11) is 0. The van der Waals surface area contributed by atoms with E-state index in [4.69, 9.17) is 5.26 Å². The van der Waals surface area contributed by atoms with Crippen molar-refractivity contribution in [2.75, 3.05) is 26.2 Å². The minimum absolute atomic E-state index is 0.192. The van der Waals surface area contributed by atoms with Crippen LogP contribution in [0, 0.1) is 17.2 Å². The molecule has 0 saturated heterocycles. The van der Waals surface area contributed by atoms with Crippen molar-refractivity contribution in [2.24, 2.45) is 5.92 Å². The molecule has 0 radical (unpaired) electrons. The highest BCUT2D eigenvalue weighted by molar-refractivity contribution is 4.75. The van der Waals surface area contributed by atoms with Gasteiger partial charge in [-0.15, -0.1) is 0 Å². The predicted molar refractivity (Wildman–Crippen MR) is 69.3 cm³/mol. The molecule has 0 rings (SSSR count). The minimum atomic E-state index is 0.192. The summed E-state index contributed by atoms with van der Waals surface area (Å²) in [6.07, 6.45) is 0.632. The van der Waals surface area contributed by atoms with E-state index in [0.717, 1.165) is 26.2 Å². The van der Waals surface area contributed by atoms with E-state index in [9.17, 15) is 0 Å². The summed E-state index contributed by atoms with van der Waals surface area (Å²) in [6, 6.07) is 2.20. The SMILES string of the molecule is CCN(CCC#N)CC(C)CNC(C)(C)C. The molecule has 0 aliphatic rings. The predicted octanol–water partition coefficient (Wildman–Crippen LogP) is 2.25. The Labute approximate surface area is 101 Å². The van der Waals surface area contributed by atoms with Crippen molar-refractivity contribution in [3.05, 3.63) is 0 Å². The first kappa shape index (κ1) is 15.4. The van der Waals surface area contributed by atoms with Gasteiger partial charge in [0.1, 0.15) is 0 Å². The van der Waals surface area contributed by atoms with E-state index in [-0.39, 0.29) is 5.54 Å². The van der Waals surface area contributed by atoms with Gasteiger partial charge in [0, 0.05) is 25.0 Å². The molecule has 0 aliphatic carbocycles. The summed E-state index contributed by atoms with van der Waals surface area (Å²) in [4.78, 5) is 2.35. The first-order valence-electron chi connectivity index (χ1n) is 6.23. The maximum atomic E-state index is 8.57. The third kappa shape index (κ3) is 8.70. The van der Waals surface area contributed by atoms with Crippen LogP contribution in [0.3, 0.4) is 0 Å². The monoisotopic (exact) mass is 225 g/mol. The first-order valence-corrected chi connectivity index (χ1v) is 6.23. The van der Waals surface area contributed by atoms with Crippen LogP contribution in [0.2, 0.25) is 0 Å². The van der Waals surface area contributed by atoms with Gasteiger partial charge in [0.15, 0.2) is 0 Å². The Morgan fingerprint density at radius 2 is 2.00 bits per heavy atom. The highest BCUT2D eigenvalue weighted by atomic mass is 15.1. The number of hydrogen-bond acceptors (Lipinski definition) is 3. The Hall–Kier alpha value is -0.590. The molecule has 0 aliphatic heterocycles. The van der Waals surface area contributed by atoms with E-state index >= 15 is 0 Å². The molecule has 16 heavy (non-hydrogen) atoms. The molecule has 0 fully saturated rings. The maximum Gasteiger partial charge on any atom is 0.0635 e. The van der Waals surface area contributed by atoms with Crippen LogP contribution in [0.25, 0.3) is 0 Å². The summed E-state index contributed by atoms with van der Waals surface area (Å²) in [5.41, 5.74) is 0.192. The van der Waals surface area contributed by atoms with Crippen LogP contribution < -0.4 is 5.32 Å². The van der Waals surface area contributed by atoms with Crippen LogP contribution in [-0.4, -0.2) is 36.6 Å². The molecule has 0 heterocycles. The highest BCUT2D eigenvalue weighted by Gasteiger charge is 2.13. The van der Waals surface area contributed by atoms with Crippen molar-refractivity contribution in [2.45, 2.75) is 46.6 Å². The van der Waals surface area contributed by atoms with Gasteiger partial charge in [-0.3, -0.25) is 0 Å². The zero-order valence-electron chi connectivity index (χ0n) is 11.5. The Bertz CT molecular complexity index is 212. The van der Waals surface area contributed by atoms with E-state index in [2.05, 4.69) is 50.9 Å². The second-order valence-corrected chi connectivity index (χ2v) is 5.54. The number of rotatable bonds is 7. The lowest BCUT2D eigenvalue weighted by atomic mass is 10.1. The molecule has 1 N–H and O–H groups in total. The lowest BCUT2D eigenvalue weighted by Gasteiger charge is -2.27. The van der Waals surface area contributed by atoms with Crippen LogP contribution in [-0.2, 0) is 0 Å².